The molecule has 0 aliphatic carbocycles. The number of carbonyl (C=O) groups excluding carboxylic acids is 1. The molecule has 0 bridgehead atoms. The fourth-order valence-electron chi connectivity index (χ4n) is 1.66. The Balaban J connectivity index is 3.19. The van der Waals surface area contributed by atoms with Gasteiger partial charge in [0.15, 0.2) is 0 Å². The number of ether oxygens (including phenoxy) is 1. The molecule has 0 aromatic heterocycles. The zero-order chi connectivity index (χ0) is 11.6. The lowest BCUT2D eigenvalue weighted by molar-refractivity contribution is 0.180. The molecule has 0 radical (unpaired) electrons. The largest absolute Gasteiger partial charge is 0.452 e. The molecule has 0 fully saturated rings. The highest BCUT2D eigenvalue weighted by molar-refractivity contribution is 9.10. The van der Waals surface area contributed by atoms with Crippen molar-refractivity contribution in [1.82, 2.24) is 0 Å². The number of benzene rings is 1. The van der Waals surface area contributed by atoms with Crippen LogP contribution in [0.3, 0.4) is 0 Å². The summed E-state index contributed by atoms with van der Waals surface area (Å²) in [7, 11) is 3.08. The van der Waals surface area contributed by atoms with Gasteiger partial charge in [-0.3, -0.25) is 4.90 Å². The second-order valence-electron chi connectivity index (χ2n) is 3.42. The van der Waals surface area contributed by atoms with Gasteiger partial charge in [0, 0.05) is 11.5 Å². The number of nitrogens with zero attached hydrogens (tertiary/aromatic N) is 1. The van der Waals surface area contributed by atoms with Crippen LogP contribution in [0.2, 0.25) is 0 Å². The van der Waals surface area contributed by atoms with E-state index < -0.39 is 0 Å². The molecule has 0 unspecified atom stereocenters. The van der Waals surface area contributed by atoms with Gasteiger partial charge in [-0.05, 0) is 37.1 Å². The summed E-state index contributed by atoms with van der Waals surface area (Å²) >= 11 is 3.42. The maximum Gasteiger partial charge on any atom is 0.413 e. The van der Waals surface area contributed by atoms with Crippen molar-refractivity contribution in [3.8, 4) is 0 Å². The Kier molecular flexibility index (Phi) is 3.74. The van der Waals surface area contributed by atoms with Gasteiger partial charge in [0.05, 0.1) is 12.8 Å². The standard InChI is InChI=1S/C11H14BrNO2/c1-7-5-9(12)6-8(2)10(7)13(3)11(14)15-4/h5-6H,1-4H3. The fourth-order valence-corrected chi connectivity index (χ4v) is 2.35. The Morgan fingerprint density at radius 3 is 2.20 bits per heavy atom. The van der Waals surface area contributed by atoms with E-state index in [1.165, 1.54) is 12.0 Å². The molecule has 0 saturated carbocycles. The summed E-state index contributed by atoms with van der Waals surface area (Å²) in [5.74, 6) is 0. The highest BCUT2D eigenvalue weighted by atomic mass is 79.9. The molecule has 0 saturated heterocycles. The number of hydrogen-bond donors (Lipinski definition) is 0. The smallest absolute Gasteiger partial charge is 0.413 e. The first kappa shape index (κ1) is 12.0. The number of methoxy groups -OCH3 is 1. The molecule has 0 aliphatic rings. The molecule has 0 spiro atoms. The summed E-state index contributed by atoms with van der Waals surface area (Å²) < 4.78 is 5.70. The van der Waals surface area contributed by atoms with Crippen LogP contribution in [0.25, 0.3) is 0 Å². The van der Waals surface area contributed by atoms with Crippen molar-refractivity contribution in [2.75, 3.05) is 19.1 Å². The van der Waals surface area contributed by atoms with E-state index >= 15 is 0 Å². The second kappa shape index (κ2) is 4.66. The lowest BCUT2D eigenvalue weighted by Gasteiger charge is -2.20. The Bertz CT molecular complexity index is 367. The van der Waals surface area contributed by atoms with E-state index in [2.05, 4.69) is 20.7 Å². The number of anilines is 1. The van der Waals surface area contributed by atoms with Gasteiger partial charge in [0.2, 0.25) is 0 Å². The predicted octanol–water partition coefficient (Wildman–Crippen LogP) is 3.27. The van der Waals surface area contributed by atoms with Crippen LogP contribution in [0.4, 0.5) is 10.5 Å². The third-order valence-corrected chi connectivity index (χ3v) is 2.70. The van der Waals surface area contributed by atoms with Crippen molar-refractivity contribution in [2.24, 2.45) is 0 Å². The molecule has 0 heterocycles. The maximum absolute atomic E-state index is 11.4. The molecule has 0 atom stereocenters. The van der Waals surface area contributed by atoms with Crippen LogP contribution >= 0.6 is 15.9 Å². The first-order valence-electron chi connectivity index (χ1n) is 4.55. The molecule has 0 N–H and O–H groups in total. The van der Waals surface area contributed by atoms with Gasteiger partial charge in [-0.15, -0.1) is 0 Å². The molecular weight excluding hydrogens is 258 g/mol. The summed E-state index contributed by atoms with van der Waals surface area (Å²) in [4.78, 5) is 12.9. The Morgan fingerprint density at radius 1 is 1.33 bits per heavy atom. The van der Waals surface area contributed by atoms with E-state index in [9.17, 15) is 4.79 Å². The quantitative estimate of drug-likeness (QED) is 0.785. The Morgan fingerprint density at radius 2 is 1.80 bits per heavy atom. The van der Waals surface area contributed by atoms with E-state index in [-0.39, 0.29) is 6.09 Å². The van der Waals surface area contributed by atoms with Crippen molar-refractivity contribution in [2.45, 2.75) is 13.8 Å². The SMILES string of the molecule is COC(=O)N(C)c1c(C)cc(Br)cc1C. The second-order valence-corrected chi connectivity index (χ2v) is 4.33. The summed E-state index contributed by atoms with van der Waals surface area (Å²) in [6.45, 7) is 3.93. The minimum Gasteiger partial charge on any atom is -0.452 e. The normalized spacial score (nSPS) is 9.93. The molecule has 0 aliphatic heterocycles. The van der Waals surface area contributed by atoms with Crippen LogP contribution < -0.4 is 4.90 Å². The minimum atomic E-state index is -0.358. The predicted molar refractivity (Wildman–Crippen MR) is 64.4 cm³/mol. The van der Waals surface area contributed by atoms with Gasteiger partial charge >= 0.3 is 6.09 Å². The van der Waals surface area contributed by atoms with Crippen LogP contribution in [-0.4, -0.2) is 20.3 Å². The van der Waals surface area contributed by atoms with Crippen LogP contribution in [0, 0.1) is 13.8 Å². The first-order valence-corrected chi connectivity index (χ1v) is 5.35. The number of amides is 1. The average molecular weight is 272 g/mol. The maximum atomic E-state index is 11.4. The zero-order valence-corrected chi connectivity index (χ0v) is 10.9. The molecule has 15 heavy (non-hydrogen) atoms. The number of halogens is 1. The Labute approximate surface area is 98.2 Å². The van der Waals surface area contributed by atoms with Gasteiger partial charge < -0.3 is 4.74 Å². The van der Waals surface area contributed by atoms with Crippen molar-refractivity contribution in [3.63, 3.8) is 0 Å². The van der Waals surface area contributed by atoms with Crippen molar-refractivity contribution < 1.29 is 9.53 Å². The number of aryl methyl sites for hydroxylation is 2. The van der Waals surface area contributed by atoms with Crippen molar-refractivity contribution in [1.29, 1.82) is 0 Å². The van der Waals surface area contributed by atoms with Crippen LogP contribution in [0.15, 0.2) is 16.6 Å². The summed E-state index contributed by atoms with van der Waals surface area (Å²) in [5, 5.41) is 0. The fraction of sp³-hybridized carbons (Fsp3) is 0.364. The van der Waals surface area contributed by atoms with Crippen molar-refractivity contribution >= 4 is 27.7 Å². The van der Waals surface area contributed by atoms with E-state index in [1.807, 2.05) is 26.0 Å². The number of rotatable bonds is 1. The third-order valence-electron chi connectivity index (χ3n) is 2.24. The van der Waals surface area contributed by atoms with E-state index in [4.69, 9.17) is 0 Å². The summed E-state index contributed by atoms with van der Waals surface area (Å²) in [6.07, 6.45) is -0.358. The van der Waals surface area contributed by atoms with Crippen LogP contribution in [-0.2, 0) is 4.74 Å². The van der Waals surface area contributed by atoms with Gasteiger partial charge in [-0.2, -0.15) is 0 Å². The molecule has 82 valence electrons. The Hall–Kier alpha value is -1.03. The highest BCUT2D eigenvalue weighted by Crippen LogP contribution is 2.28. The highest BCUT2D eigenvalue weighted by Gasteiger charge is 2.15. The molecule has 1 rings (SSSR count). The summed E-state index contributed by atoms with van der Waals surface area (Å²) in [6, 6.07) is 3.95. The van der Waals surface area contributed by atoms with E-state index in [0.29, 0.717) is 0 Å². The van der Waals surface area contributed by atoms with E-state index in [0.717, 1.165) is 21.3 Å². The van der Waals surface area contributed by atoms with Crippen LogP contribution in [0.1, 0.15) is 11.1 Å². The monoisotopic (exact) mass is 271 g/mol. The topological polar surface area (TPSA) is 29.5 Å². The lowest BCUT2D eigenvalue weighted by atomic mass is 10.1. The number of hydrogen-bond acceptors (Lipinski definition) is 2. The minimum absolute atomic E-state index is 0.358. The molecule has 1 aromatic carbocycles. The molecule has 3 nitrogen and oxygen atoms in total. The summed E-state index contributed by atoms with van der Waals surface area (Å²) in [5.41, 5.74) is 2.97. The van der Waals surface area contributed by atoms with Gasteiger partial charge in [-0.25, -0.2) is 4.79 Å². The lowest BCUT2D eigenvalue weighted by Crippen LogP contribution is -2.27. The molecule has 1 aromatic rings. The molecule has 1 amide bonds. The third kappa shape index (κ3) is 2.50. The average Bonchev–Trinajstić information content (AvgIpc) is 2.14. The zero-order valence-electron chi connectivity index (χ0n) is 9.30. The number of carbonyl (C=O) groups is 1. The molecular formula is C11H14BrNO2. The first-order chi connectivity index (χ1) is 6.97. The van der Waals surface area contributed by atoms with Gasteiger partial charge in [0.25, 0.3) is 0 Å². The van der Waals surface area contributed by atoms with E-state index in [1.54, 1.807) is 7.05 Å². The molecule has 4 heteroatoms. The van der Waals surface area contributed by atoms with Crippen molar-refractivity contribution in [3.05, 3.63) is 27.7 Å². The van der Waals surface area contributed by atoms with Gasteiger partial charge in [0.1, 0.15) is 0 Å². The van der Waals surface area contributed by atoms with Crippen LogP contribution in [0.5, 0.6) is 0 Å². The van der Waals surface area contributed by atoms with Gasteiger partial charge in [-0.1, -0.05) is 15.9 Å².